The Balaban J connectivity index is 1.54. The van der Waals surface area contributed by atoms with Gasteiger partial charge in [0.25, 0.3) is 11.2 Å². The van der Waals surface area contributed by atoms with Gasteiger partial charge in [-0.25, -0.2) is 13.8 Å². The molecule has 1 aliphatic carbocycles. The standard InChI is InChI=1S/C30H21F2N3O3S/c31-22-10-4-18(5-11-22)16-21-2-1-3-25-27(21)33-30-34(28(25)20-8-12-23(32)13-9-20)29(36)26(39-30)17-19-6-14-24(15-7-19)35(37)38/h4-17,28H,1-3H2. The average molecular weight is 542 g/mol. The Morgan fingerprint density at radius 2 is 1.51 bits per heavy atom. The van der Waals surface area contributed by atoms with Crippen LogP contribution >= 0.6 is 11.3 Å². The second kappa shape index (κ2) is 9.99. The van der Waals surface area contributed by atoms with Crippen molar-refractivity contribution in [2.75, 3.05) is 0 Å². The van der Waals surface area contributed by atoms with E-state index >= 15 is 0 Å². The number of thiazole rings is 1. The van der Waals surface area contributed by atoms with Crippen LogP contribution in [-0.4, -0.2) is 9.49 Å². The van der Waals surface area contributed by atoms with Crippen molar-refractivity contribution in [3.05, 3.63) is 148 Å². The summed E-state index contributed by atoms with van der Waals surface area (Å²) in [5.41, 5.74) is 4.83. The number of fused-ring (bicyclic) bond motifs is 1. The minimum absolute atomic E-state index is 0.0296. The number of aromatic nitrogens is 1. The Morgan fingerprint density at radius 3 is 2.18 bits per heavy atom. The van der Waals surface area contributed by atoms with Crippen molar-refractivity contribution in [2.45, 2.75) is 25.3 Å². The van der Waals surface area contributed by atoms with E-state index in [4.69, 9.17) is 4.99 Å². The first-order chi connectivity index (χ1) is 18.9. The molecule has 0 amide bonds. The van der Waals surface area contributed by atoms with Gasteiger partial charge in [-0.2, -0.15) is 0 Å². The van der Waals surface area contributed by atoms with E-state index in [1.807, 2.05) is 6.08 Å². The summed E-state index contributed by atoms with van der Waals surface area (Å²) in [4.78, 5) is 29.8. The van der Waals surface area contributed by atoms with E-state index in [9.17, 15) is 23.7 Å². The van der Waals surface area contributed by atoms with Gasteiger partial charge < -0.3 is 0 Å². The summed E-state index contributed by atoms with van der Waals surface area (Å²) < 4.78 is 29.4. The Labute approximate surface area is 225 Å². The smallest absolute Gasteiger partial charge is 0.271 e. The molecule has 1 aliphatic heterocycles. The van der Waals surface area contributed by atoms with Crippen LogP contribution in [0.1, 0.15) is 42.0 Å². The molecule has 4 aromatic rings. The summed E-state index contributed by atoms with van der Waals surface area (Å²) in [6.45, 7) is 0. The Hall–Kier alpha value is -4.50. The molecule has 0 bridgehead atoms. The van der Waals surface area contributed by atoms with Crippen LogP contribution in [0.15, 0.2) is 99.4 Å². The van der Waals surface area contributed by atoms with Gasteiger partial charge in [-0.15, -0.1) is 0 Å². The number of nitro groups is 1. The first-order valence-electron chi connectivity index (χ1n) is 12.4. The summed E-state index contributed by atoms with van der Waals surface area (Å²) in [7, 11) is 0. The molecule has 39 heavy (non-hydrogen) atoms. The van der Waals surface area contributed by atoms with Crippen molar-refractivity contribution in [3.8, 4) is 0 Å². The maximum atomic E-state index is 13.8. The van der Waals surface area contributed by atoms with Crippen molar-refractivity contribution in [3.63, 3.8) is 0 Å². The molecule has 0 saturated heterocycles. The topological polar surface area (TPSA) is 77.5 Å². The van der Waals surface area contributed by atoms with Crippen LogP contribution in [0.3, 0.4) is 0 Å². The number of halogens is 2. The quantitative estimate of drug-likeness (QED) is 0.247. The maximum absolute atomic E-state index is 13.8. The second-order valence-electron chi connectivity index (χ2n) is 9.43. The summed E-state index contributed by atoms with van der Waals surface area (Å²) in [5.74, 6) is -0.669. The van der Waals surface area contributed by atoms with E-state index < -0.39 is 11.0 Å². The Morgan fingerprint density at radius 1 is 0.897 bits per heavy atom. The number of nitrogens with zero attached hydrogens (tertiary/aromatic N) is 3. The summed E-state index contributed by atoms with van der Waals surface area (Å²) >= 11 is 1.24. The third kappa shape index (κ3) is 4.77. The molecule has 0 saturated carbocycles. The number of hydrogen-bond acceptors (Lipinski definition) is 5. The van der Waals surface area contributed by atoms with Crippen LogP contribution in [0.25, 0.3) is 12.2 Å². The number of allylic oxidation sites excluding steroid dienone is 2. The molecule has 0 N–H and O–H groups in total. The van der Waals surface area contributed by atoms with Gasteiger partial charge in [0.1, 0.15) is 11.6 Å². The van der Waals surface area contributed by atoms with Gasteiger partial charge in [0.2, 0.25) is 0 Å². The fourth-order valence-corrected chi connectivity index (χ4v) is 6.11. The molecular weight excluding hydrogens is 520 g/mol. The molecule has 0 fully saturated rings. The highest BCUT2D eigenvalue weighted by Gasteiger charge is 2.32. The van der Waals surface area contributed by atoms with E-state index in [1.54, 1.807) is 47.0 Å². The first kappa shape index (κ1) is 24.8. The zero-order valence-corrected chi connectivity index (χ0v) is 21.3. The molecule has 9 heteroatoms. The van der Waals surface area contributed by atoms with Crippen molar-refractivity contribution in [1.29, 1.82) is 0 Å². The number of nitro benzene ring substituents is 1. The fourth-order valence-electron chi connectivity index (χ4n) is 5.11. The van der Waals surface area contributed by atoms with E-state index in [-0.39, 0.29) is 22.9 Å². The maximum Gasteiger partial charge on any atom is 0.271 e. The SMILES string of the molecule is O=c1c(=Cc2ccc([N+](=O)[O-])cc2)sc2n1C(c1ccc(F)cc1)C1=C(N=2)C(=Cc2ccc(F)cc2)CCC1. The highest BCUT2D eigenvalue weighted by Crippen LogP contribution is 2.41. The summed E-state index contributed by atoms with van der Waals surface area (Å²) in [6, 6.07) is 18.0. The molecule has 1 unspecified atom stereocenters. The molecule has 194 valence electrons. The predicted molar refractivity (Wildman–Crippen MR) is 146 cm³/mol. The number of hydrogen-bond donors (Lipinski definition) is 0. The van der Waals surface area contributed by atoms with E-state index in [2.05, 4.69) is 0 Å². The van der Waals surface area contributed by atoms with Gasteiger partial charge >= 0.3 is 0 Å². The first-order valence-corrected chi connectivity index (χ1v) is 13.2. The fraction of sp³-hybridized carbons (Fsp3) is 0.133. The highest BCUT2D eigenvalue weighted by atomic mass is 32.1. The zero-order chi connectivity index (χ0) is 27.1. The van der Waals surface area contributed by atoms with Crippen LogP contribution in [-0.2, 0) is 0 Å². The molecule has 3 aromatic carbocycles. The lowest BCUT2D eigenvalue weighted by molar-refractivity contribution is -0.384. The van der Waals surface area contributed by atoms with Crippen LogP contribution < -0.4 is 14.9 Å². The molecule has 6 rings (SSSR count). The van der Waals surface area contributed by atoms with Crippen molar-refractivity contribution in [1.82, 2.24) is 4.57 Å². The van der Waals surface area contributed by atoms with Gasteiger partial charge in [0.15, 0.2) is 4.80 Å². The Kier molecular flexibility index (Phi) is 6.36. The normalized spacial score (nSPS) is 18.1. The van der Waals surface area contributed by atoms with E-state index in [0.29, 0.717) is 14.9 Å². The summed E-state index contributed by atoms with van der Waals surface area (Å²) in [5, 5.41) is 11.0. The van der Waals surface area contributed by atoms with Crippen LogP contribution in [0, 0.1) is 21.7 Å². The lowest BCUT2D eigenvalue weighted by Crippen LogP contribution is -2.39. The molecule has 6 nitrogen and oxygen atoms in total. The van der Waals surface area contributed by atoms with E-state index in [0.717, 1.165) is 47.2 Å². The number of rotatable bonds is 4. The average Bonchev–Trinajstić information content (AvgIpc) is 3.24. The van der Waals surface area contributed by atoms with Gasteiger partial charge in [-0.05, 0) is 95.6 Å². The molecule has 2 aliphatic rings. The van der Waals surface area contributed by atoms with Crippen molar-refractivity contribution in [2.24, 2.45) is 4.99 Å². The molecule has 1 aromatic heterocycles. The van der Waals surface area contributed by atoms with Gasteiger partial charge in [-0.3, -0.25) is 19.5 Å². The largest absolute Gasteiger partial charge is 0.272 e. The number of non-ortho nitro benzene ring substituents is 1. The summed E-state index contributed by atoms with van der Waals surface area (Å²) in [6.07, 6.45) is 6.07. The molecular formula is C30H21F2N3O3S. The monoisotopic (exact) mass is 541 g/mol. The van der Waals surface area contributed by atoms with Gasteiger partial charge in [0.05, 0.1) is 21.2 Å². The van der Waals surface area contributed by atoms with Crippen LogP contribution in [0.4, 0.5) is 14.5 Å². The highest BCUT2D eigenvalue weighted by molar-refractivity contribution is 7.07. The molecule has 0 radical (unpaired) electrons. The second-order valence-corrected chi connectivity index (χ2v) is 10.4. The van der Waals surface area contributed by atoms with Crippen LogP contribution in [0.5, 0.6) is 0 Å². The van der Waals surface area contributed by atoms with E-state index in [1.165, 1.54) is 47.7 Å². The third-order valence-electron chi connectivity index (χ3n) is 6.93. The van der Waals surface area contributed by atoms with Crippen molar-refractivity contribution >= 4 is 29.2 Å². The molecule has 2 heterocycles. The molecule has 0 spiro atoms. The van der Waals surface area contributed by atoms with Gasteiger partial charge in [0, 0.05) is 12.1 Å². The number of benzene rings is 3. The zero-order valence-electron chi connectivity index (χ0n) is 20.5. The van der Waals surface area contributed by atoms with Crippen molar-refractivity contribution < 1.29 is 13.7 Å². The lowest BCUT2D eigenvalue weighted by atomic mass is 9.84. The minimum Gasteiger partial charge on any atom is -0.272 e. The Bertz CT molecular complexity index is 1840. The lowest BCUT2D eigenvalue weighted by Gasteiger charge is -2.31. The molecule has 1 atom stereocenters. The van der Waals surface area contributed by atoms with Gasteiger partial charge in [-0.1, -0.05) is 35.6 Å². The minimum atomic E-state index is -0.470. The third-order valence-corrected chi connectivity index (χ3v) is 7.91. The predicted octanol–water partition coefficient (Wildman–Crippen LogP) is 5.67. The van der Waals surface area contributed by atoms with Crippen LogP contribution in [0.2, 0.25) is 0 Å².